The Morgan fingerprint density at radius 2 is 1.52 bits per heavy atom. The number of ether oxygens (including phenoxy) is 1. The number of amides is 2. The number of anilines is 1. The number of carbonyl (C=O) groups excluding carboxylic acids is 2. The van der Waals surface area contributed by atoms with Gasteiger partial charge < -0.3 is 24.5 Å². The minimum absolute atomic E-state index is 0.0233. The predicted octanol–water partition coefficient (Wildman–Crippen LogP) is 3.07. The summed E-state index contributed by atoms with van der Waals surface area (Å²) in [5.41, 5.74) is 1.15. The molecule has 1 saturated carbocycles. The van der Waals surface area contributed by atoms with Crippen LogP contribution in [0.25, 0.3) is 0 Å². The van der Waals surface area contributed by atoms with E-state index < -0.39 is 9.84 Å². The van der Waals surface area contributed by atoms with Crippen molar-refractivity contribution < 1.29 is 32.6 Å². The lowest BCUT2D eigenvalue weighted by Crippen LogP contribution is -2.52. The third kappa shape index (κ3) is 7.39. The average Bonchev–Trinajstić information content (AvgIpc) is 3.49. The minimum atomic E-state index is -3.33. The molecular weight excluding hydrogens is 534 g/mol. The second-order valence-electron chi connectivity index (χ2n) is 10.5. The van der Waals surface area contributed by atoms with Gasteiger partial charge in [0.1, 0.15) is 18.4 Å². The molecule has 10 nitrogen and oxygen atoms in total. The monoisotopic (exact) mass is 571 g/mol. The number of carbonyl (C=O) groups is 3. The summed E-state index contributed by atoms with van der Waals surface area (Å²) in [5.74, 6) is 0.387. The largest absolute Gasteiger partial charge is 0.490 e. The summed E-state index contributed by atoms with van der Waals surface area (Å²) in [7, 11) is -3.33. The molecule has 0 radical (unpaired) electrons. The van der Waals surface area contributed by atoms with E-state index in [2.05, 4.69) is 4.90 Å². The van der Waals surface area contributed by atoms with Crippen LogP contribution in [0.3, 0.4) is 0 Å². The van der Waals surface area contributed by atoms with E-state index in [-0.39, 0.29) is 35.8 Å². The van der Waals surface area contributed by atoms with Crippen molar-refractivity contribution in [2.45, 2.75) is 55.6 Å². The molecule has 0 unspecified atom stereocenters. The molecule has 3 fully saturated rings. The van der Waals surface area contributed by atoms with Gasteiger partial charge in [-0.2, -0.15) is 0 Å². The molecular formula is C29H37N3O7S. The Labute approximate surface area is 235 Å². The zero-order valence-electron chi connectivity index (χ0n) is 22.8. The van der Waals surface area contributed by atoms with Crippen molar-refractivity contribution in [3.8, 4) is 5.75 Å². The van der Waals surface area contributed by atoms with Gasteiger partial charge in [-0.05, 0) is 74.2 Å². The molecule has 0 spiro atoms. The lowest BCUT2D eigenvalue weighted by molar-refractivity contribution is -0.123. The van der Waals surface area contributed by atoms with Gasteiger partial charge in [0.05, 0.1) is 4.90 Å². The number of hydrogen-bond donors (Lipinski definition) is 1. The average molecular weight is 572 g/mol. The molecule has 2 amide bonds. The molecule has 0 aromatic heterocycles. The van der Waals surface area contributed by atoms with Crippen molar-refractivity contribution in [3.63, 3.8) is 0 Å². The van der Waals surface area contributed by atoms with Crippen LogP contribution in [0.15, 0.2) is 53.4 Å². The summed E-state index contributed by atoms with van der Waals surface area (Å²) in [4.78, 5) is 40.1. The number of nitrogens with zero attached hydrogens (tertiary/aromatic N) is 3. The number of piperazine rings is 1. The van der Waals surface area contributed by atoms with Crippen LogP contribution in [0.2, 0.25) is 0 Å². The van der Waals surface area contributed by atoms with E-state index >= 15 is 0 Å². The lowest BCUT2D eigenvalue weighted by Gasteiger charge is -2.36. The van der Waals surface area contributed by atoms with Gasteiger partial charge in [0.15, 0.2) is 9.84 Å². The Bertz CT molecular complexity index is 1270. The predicted molar refractivity (Wildman–Crippen MR) is 150 cm³/mol. The van der Waals surface area contributed by atoms with Crippen molar-refractivity contribution in [3.05, 3.63) is 54.1 Å². The van der Waals surface area contributed by atoms with Crippen LogP contribution < -0.4 is 9.64 Å². The van der Waals surface area contributed by atoms with Crippen LogP contribution in [0, 0.1) is 0 Å². The highest BCUT2D eigenvalue weighted by molar-refractivity contribution is 7.90. The van der Waals surface area contributed by atoms with Gasteiger partial charge in [0.25, 0.3) is 12.4 Å². The van der Waals surface area contributed by atoms with E-state index in [1.54, 1.807) is 4.90 Å². The van der Waals surface area contributed by atoms with E-state index in [9.17, 15) is 18.0 Å². The smallest absolute Gasteiger partial charge is 0.290 e. The Hall–Kier alpha value is -3.44. The van der Waals surface area contributed by atoms with Gasteiger partial charge in [-0.3, -0.25) is 14.4 Å². The van der Waals surface area contributed by atoms with Crippen molar-refractivity contribution in [1.82, 2.24) is 9.80 Å². The number of piperidine rings is 1. The van der Waals surface area contributed by atoms with Crippen molar-refractivity contribution in [1.29, 1.82) is 0 Å². The first kappa shape index (κ1) is 29.5. The van der Waals surface area contributed by atoms with Crippen LogP contribution in [-0.4, -0.2) is 92.7 Å². The summed E-state index contributed by atoms with van der Waals surface area (Å²) in [6.45, 7) is 2.73. The van der Waals surface area contributed by atoms with E-state index in [1.807, 2.05) is 24.3 Å². The summed E-state index contributed by atoms with van der Waals surface area (Å²) >= 11 is 0. The van der Waals surface area contributed by atoms with E-state index in [0.717, 1.165) is 49.7 Å². The molecule has 2 saturated heterocycles. The molecule has 2 aromatic carbocycles. The molecule has 5 rings (SSSR count). The number of hydrogen-bond acceptors (Lipinski definition) is 7. The number of carboxylic acid groups (broad SMARTS) is 1. The summed E-state index contributed by atoms with van der Waals surface area (Å²) in [6.07, 6.45) is 8.85. The molecule has 1 aliphatic carbocycles. The number of rotatable bonds is 6. The second-order valence-corrected chi connectivity index (χ2v) is 12.5. The molecule has 0 bridgehead atoms. The molecule has 216 valence electrons. The highest BCUT2D eigenvalue weighted by Crippen LogP contribution is 2.28. The Balaban J connectivity index is 0.00000118. The van der Waals surface area contributed by atoms with Crippen molar-refractivity contribution in [2.75, 3.05) is 43.9 Å². The molecule has 2 aromatic rings. The first-order chi connectivity index (χ1) is 19.2. The van der Waals surface area contributed by atoms with Gasteiger partial charge >= 0.3 is 0 Å². The van der Waals surface area contributed by atoms with Crippen molar-refractivity contribution >= 4 is 33.8 Å². The third-order valence-corrected chi connectivity index (χ3v) is 8.93. The number of benzene rings is 2. The standard InChI is InChI=1S/C28H35N3O5S.CH2O2/c1-37(34,35)26-12-6-21(7-13-26)28(33)30-18-19-31(27(32)20-30)23-8-10-24(11-9-23)36-25-14-16-29(17-15-25)22-4-2-3-5-22;2-1-3/h6-13,22,25H,2-5,14-20H2,1H3;1H,(H,2,3). The Morgan fingerprint density at radius 1 is 0.925 bits per heavy atom. The lowest BCUT2D eigenvalue weighted by atomic mass is 10.0. The van der Waals surface area contributed by atoms with Crippen LogP contribution in [0.5, 0.6) is 5.75 Å². The van der Waals surface area contributed by atoms with Crippen LogP contribution in [-0.2, 0) is 19.4 Å². The first-order valence-corrected chi connectivity index (χ1v) is 15.6. The van der Waals surface area contributed by atoms with E-state index in [4.69, 9.17) is 14.6 Å². The third-order valence-electron chi connectivity index (χ3n) is 7.81. The number of sulfone groups is 1. The van der Waals surface area contributed by atoms with Gasteiger partial charge in [0.2, 0.25) is 5.91 Å². The quantitative estimate of drug-likeness (QED) is 0.525. The number of likely N-dealkylation sites (tertiary alicyclic amines) is 1. The molecule has 11 heteroatoms. The molecule has 2 heterocycles. The van der Waals surface area contributed by atoms with E-state index in [1.165, 1.54) is 54.8 Å². The zero-order valence-corrected chi connectivity index (χ0v) is 23.6. The van der Waals surface area contributed by atoms with Crippen molar-refractivity contribution in [2.24, 2.45) is 0 Å². The highest BCUT2D eigenvalue weighted by atomic mass is 32.2. The first-order valence-electron chi connectivity index (χ1n) is 13.7. The summed E-state index contributed by atoms with van der Waals surface area (Å²) in [5, 5.41) is 6.89. The molecule has 2 aliphatic heterocycles. The fourth-order valence-corrected chi connectivity index (χ4v) is 6.30. The highest BCUT2D eigenvalue weighted by Gasteiger charge is 2.30. The van der Waals surface area contributed by atoms with Gasteiger partial charge in [-0.25, -0.2) is 8.42 Å². The van der Waals surface area contributed by atoms with Gasteiger partial charge in [0, 0.05) is 49.7 Å². The maximum Gasteiger partial charge on any atom is 0.290 e. The van der Waals surface area contributed by atoms with Gasteiger partial charge in [-0.15, -0.1) is 0 Å². The Kier molecular flexibility index (Phi) is 9.80. The summed E-state index contributed by atoms with van der Waals surface area (Å²) < 4.78 is 29.5. The van der Waals surface area contributed by atoms with E-state index in [0.29, 0.717) is 18.7 Å². The van der Waals surface area contributed by atoms with Crippen LogP contribution >= 0.6 is 0 Å². The maximum absolute atomic E-state index is 12.9. The molecule has 40 heavy (non-hydrogen) atoms. The normalized spacial score (nSPS) is 19.2. The zero-order chi connectivity index (χ0) is 28.7. The van der Waals surface area contributed by atoms with Gasteiger partial charge in [-0.1, -0.05) is 12.8 Å². The minimum Gasteiger partial charge on any atom is -0.490 e. The Morgan fingerprint density at radius 3 is 2.08 bits per heavy atom. The van der Waals surface area contributed by atoms with Crippen LogP contribution in [0.1, 0.15) is 48.9 Å². The molecule has 0 atom stereocenters. The maximum atomic E-state index is 12.9. The van der Waals surface area contributed by atoms with Crippen LogP contribution in [0.4, 0.5) is 5.69 Å². The molecule has 3 aliphatic rings. The fourth-order valence-electron chi connectivity index (χ4n) is 5.67. The fraction of sp³-hybridized carbons (Fsp3) is 0.483. The molecule has 1 N–H and O–H groups in total. The topological polar surface area (TPSA) is 125 Å². The second kappa shape index (κ2) is 13.3. The summed E-state index contributed by atoms with van der Waals surface area (Å²) in [6, 6.07) is 14.3. The SMILES string of the molecule is CS(=O)(=O)c1ccc(C(=O)N2CCN(c3ccc(OC4CCN(C5CCCC5)CC4)cc3)C(=O)C2)cc1.O=CO.